The molecule has 20 heavy (non-hydrogen) atoms. The Labute approximate surface area is 122 Å². The number of nitrogens with one attached hydrogen (secondary N) is 1. The van der Waals surface area contributed by atoms with E-state index in [4.69, 9.17) is 17.4 Å². The molecule has 0 radical (unpaired) electrons. The number of thiophene rings is 1. The standard InChI is InChI=1S/C12H10ClF3N2OS/c13-10-5-4-9(20-10)11(18-17)7-2-1-3-8(6-7)19-12(14,15)16/h1-6,11,18H,17H2. The molecule has 0 amide bonds. The smallest absolute Gasteiger partial charge is 0.406 e. The molecule has 1 aromatic carbocycles. The third kappa shape index (κ3) is 3.86. The minimum Gasteiger partial charge on any atom is -0.406 e. The molecule has 0 spiro atoms. The molecular weight excluding hydrogens is 313 g/mol. The van der Waals surface area contributed by atoms with Gasteiger partial charge in [0, 0.05) is 4.88 Å². The lowest BCUT2D eigenvalue weighted by Gasteiger charge is -2.16. The second-order valence-corrected chi connectivity index (χ2v) is 5.61. The van der Waals surface area contributed by atoms with Crippen LogP contribution < -0.4 is 16.0 Å². The second kappa shape index (κ2) is 6.01. The maximum absolute atomic E-state index is 12.2. The van der Waals surface area contributed by atoms with E-state index in [9.17, 15) is 13.2 Å². The summed E-state index contributed by atoms with van der Waals surface area (Å²) in [5, 5.41) is 0. The van der Waals surface area contributed by atoms with Crippen LogP contribution in [-0.4, -0.2) is 6.36 Å². The van der Waals surface area contributed by atoms with Crippen molar-refractivity contribution in [1.29, 1.82) is 0 Å². The zero-order valence-corrected chi connectivity index (χ0v) is 11.5. The third-order valence-electron chi connectivity index (χ3n) is 2.47. The highest BCUT2D eigenvalue weighted by Crippen LogP contribution is 2.32. The molecule has 0 aliphatic heterocycles. The van der Waals surface area contributed by atoms with Gasteiger partial charge in [-0.2, -0.15) is 0 Å². The van der Waals surface area contributed by atoms with E-state index in [1.165, 1.54) is 29.5 Å². The number of benzene rings is 1. The highest BCUT2D eigenvalue weighted by Gasteiger charge is 2.31. The highest BCUT2D eigenvalue weighted by molar-refractivity contribution is 7.16. The zero-order valence-electron chi connectivity index (χ0n) is 9.95. The summed E-state index contributed by atoms with van der Waals surface area (Å²) < 4.78 is 41.1. The first-order valence-corrected chi connectivity index (χ1v) is 6.65. The summed E-state index contributed by atoms with van der Waals surface area (Å²) in [6.07, 6.45) is -4.73. The lowest BCUT2D eigenvalue weighted by molar-refractivity contribution is -0.274. The van der Waals surface area contributed by atoms with Crippen LogP contribution in [0, 0.1) is 0 Å². The largest absolute Gasteiger partial charge is 0.573 e. The van der Waals surface area contributed by atoms with Crippen molar-refractivity contribution in [2.45, 2.75) is 12.4 Å². The van der Waals surface area contributed by atoms with Crippen LogP contribution in [-0.2, 0) is 0 Å². The van der Waals surface area contributed by atoms with Gasteiger partial charge < -0.3 is 4.74 Å². The molecule has 1 atom stereocenters. The lowest BCUT2D eigenvalue weighted by atomic mass is 10.1. The Morgan fingerprint density at radius 2 is 2.00 bits per heavy atom. The normalized spacial score (nSPS) is 13.2. The summed E-state index contributed by atoms with van der Waals surface area (Å²) in [5.74, 6) is 5.18. The van der Waals surface area contributed by atoms with Crippen molar-refractivity contribution in [3.63, 3.8) is 0 Å². The molecular formula is C12H10ClF3N2OS. The molecule has 108 valence electrons. The van der Waals surface area contributed by atoms with Crippen LogP contribution in [0.2, 0.25) is 4.34 Å². The van der Waals surface area contributed by atoms with Gasteiger partial charge >= 0.3 is 6.36 Å². The maximum atomic E-state index is 12.2. The number of ether oxygens (including phenoxy) is 1. The van der Waals surface area contributed by atoms with Gasteiger partial charge in [-0.05, 0) is 29.8 Å². The molecule has 0 saturated carbocycles. The summed E-state index contributed by atoms with van der Waals surface area (Å²) >= 11 is 7.14. The van der Waals surface area contributed by atoms with Crippen molar-refractivity contribution >= 4 is 22.9 Å². The Morgan fingerprint density at radius 1 is 1.25 bits per heavy atom. The van der Waals surface area contributed by atoms with Gasteiger partial charge in [-0.15, -0.1) is 24.5 Å². The van der Waals surface area contributed by atoms with Gasteiger partial charge in [0.15, 0.2) is 0 Å². The zero-order chi connectivity index (χ0) is 14.8. The first kappa shape index (κ1) is 15.1. The van der Waals surface area contributed by atoms with Gasteiger partial charge in [0.1, 0.15) is 5.75 Å². The number of rotatable bonds is 4. The molecule has 0 saturated heterocycles. The fourth-order valence-corrected chi connectivity index (χ4v) is 2.87. The van der Waals surface area contributed by atoms with Crippen molar-refractivity contribution in [1.82, 2.24) is 5.43 Å². The molecule has 3 nitrogen and oxygen atoms in total. The molecule has 3 N–H and O–H groups in total. The summed E-state index contributed by atoms with van der Waals surface area (Å²) in [5.41, 5.74) is 3.10. The first-order valence-electron chi connectivity index (χ1n) is 5.46. The van der Waals surface area contributed by atoms with Gasteiger partial charge in [0.25, 0.3) is 0 Å². The van der Waals surface area contributed by atoms with E-state index in [-0.39, 0.29) is 5.75 Å². The van der Waals surface area contributed by atoms with E-state index in [2.05, 4.69) is 10.2 Å². The lowest BCUT2D eigenvalue weighted by Crippen LogP contribution is -2.28. The predicted molar refractivity (Wildman–Crippen MR) is 71.6 cm³/mol. The van der Waals surface area contributed by atoms with Crippen LogP contribution in [0.1, 0.15) is 16.5 Å². The topological polar surface area (TPSA) is 47.3 Å². The molecule has 0 bridgehead atoms. The number of nitrogens with two attached hydrogens (primary N) is 1. The van der Waals surface area contributed by atoms with E-state index in [0.29, 0.717) is 9.90 Å². The Hall–Kier alpha value is -1.28. The maximum Gasteiger partial charge on any atom is 0.573 e. The van der Waals surface area contributed by atoms with Crippen LogP contribution in [0.3, 0.4) is 0 Å². The molecule has 1 heterocycles. The minimum atomic E-state index is -4.73. The van der Waals surface area contributed by atoms with E-state index in [1.54, 1.807) is 18.2 Å². The minimum absolute atomic E-state index is 0.294. The first-order chi connectivity index (χ1) is 9.39. The molecule has 0 aliphatic carbocycles. The molecule has 0 fully saturated rings. The number of hydrazine groups is 1. The van der Waals surface area contributed by atoms with E-state index in [0.717, 1.165) is 4.88 Å². The number of hydrogen-bond acceptors (Lipinski definition) is 4. The summed E-state index contributed by atoms with van der Waals surface area (Å²) in [6.45, 7) is 0. The summed E-state index contributed by atoms with van der Waals surface area (Å²) in [7, 11) is 0. The average molecular weight is 323 g/mol. The van der Waals surface area contributed by atoms with Crippen molar-refractivity contribution in [2.75, 3.05) is 0 Å². The van der Waals surface area contributed by atoms with Gasteiger partial charge in [-0.1, -0.05) is 23.7 Å². The van der Waals surface area contributed by atoms with E-state index in [1.807, 2.05) is 0 Å². The van der Waals surface area contributed by atoms with E-state index >= 15 is 0 Å². The number of halogens is 4. The Morgan fingerprint density at radius 3 is 2.55 bits per heavy atom. The van der Waals surface area contributed by atoms with Gasteiger partial charge in [-0.25, -0.2) is 5.43 Å². The molecule has 1 unspecified atom stereocenters. The van der Waals surface area contributed by atoms with Crippen LogP contribution in [0.5, 0.6) is 5.75 Å². The molecule has 2 aromatic rings. The van der Waals surface area contributed by atoms with Crippen LogP contribution in [0.4, 0.5) is 13.2 Å². The predicted octanol–water partition coefficient (Wildman–Crippen LogP) is 3.85. The second-order valence-electron chi connectivity index (χ2n) is 3.86. The molecule has 0 aliphatic rings. The Bertz CT molecular complexity index is 588. The summed E-state index contributed by atoms with van der Waals surface area (Å²) in [4.78, 5) is 0.793. The van der Waals surface area contributed by atoms with Crippen molar-refractivity contribution in [3.05, 3.63) is 51.2 Å². The monoisotopic (exact) mass is 322 g/mol. The Kier molecular flexibility index (Phi) is 4.54. The average Bonchev–Trinajstić information content (AvgIpc) is 2.75. The molecule has 8 heteroatoms. The summed E-state index contributed by atoms with van der Waals surface area (Å²) in [6, 6.07) is 8.63. The van der Waals surface area contributed by atoms with Crippen LogP contribution in [0.25, 0.3) is 0 Å². The van der Waals surface area contributed by atoms with Crippen LogP contribution in [0.15, 0.2) is 36.4 Å². The SMILES string of the molecule is NNC(c1cccc(OC(F)(F)F)c1)c1ccc(Cl)s1. The number of hydrogen-bond donors (Lipinski definition) is 2. The fraction of sp³-hybridized carbons (Fsp3) is 0.167. The third-order valence-corrected chi connectivity index (χ3v) is 3.77. The molecule has 2 rings (SSSR count). The molecule has 1 aromatic heterocycles. The van der Waals surface area contributed by atoms with Gasteiger partial charge in [0.2, 0.25) is 0 Å². The van der Waals surface area contributed by atoms with E-state index < -0.39 is 12.4 Å². The van der Waals surface area contributed by atoms with Crippen molar-refractivity contribution in [3.8, 4) is 5.75 Å². The van der Waals surface area contributed by atoms with Gasteiger partial charge in [0.05, 0.1) is 10.4 Å². The van der Waals surface area contributed by atoms with Crippen molar-refractivity contribution < 1.29 is 17.9 Å². The van der Waals surface area contributed by atoms with Crippen molar-refractivity contribution in [2.24, 2.45) is 5.84 Å². The Balaban J connectivity index is 2.29. The fourth-order valence-electron chi connectivity index (χ4n) is 1.72. The van der Waals surface area contributed by atoms with Crippen LogP contribution >= 0.6 is 22.9 Å². The highest BCUT2D eigenvalue weighted by atomic mass is 35.5. The quantitative estimate of drug-likeness (QED) is 0.664. The number of alkyl halides is 3. The van der Waals surface area contributed by atoms with Gasteiger partial charge in [-0.3, -0.25) is 5.84 Å².